The Kier molecular flexibility index (Phi) is 4.47. The predicted octanol–water partition coefficient (Wildman–Crippen LogP) is -1.40. The zero-order chi connectivity index (χ0) is 15.8. The summed E-state index contributed by atoms with van der Waals surface area (Å²) in [5, 5.41) is 9.79. The molecule has 4 N–H and O–H groups in total. The van der Waals surface area contributed by atoms with Crippen LogP contribution in [0.1, 0.15) is 18.2 Å². The van der Waals surface area contributed by atoms with Gasteiger partial charge in [-0.05, 0) is 6.92 Å². The van der Waals surface area contributed by atoms with Gasteiger partial charge in [0.1, 0.15) is 12.3 Å². The van der Waals surface area contributed by atoms with Crippen LogP contribution in [0.4, 0.5) is 0 Å². The van der Waals surface area contributed by atoms with Crippen molar-refractivity contribution in [3.8, 4) is 0 Å². The molecule has 1 aromatic heterocycles. The van der Waals surface area contributed by atoms with Crippen LogP contribution in [0.3, 0.4) is 0 Å². The van der Waals surface area contributed by atoms with Gasteiger partial charge in [-0.25, -0.2) is 9.36 Å². The lowest BCUT2D eigenvalue weighted by molar-refractivity contribution is -0.0451. The topological polar surface area (TPSA) is 151 Å². The number of rotatable bonds is 4. The molecule has 1 fully saturated rings. The minimum Gasteiger partial charge on any atom is -0.390 e. The summed E-state index contributed by atoms with van der Waals surface area (Å²) >= 11 is 0. The lowest BCUT2D eigenvalue weighted by atomic mass is 11.1. The molecule has 0 radical (unpaired) electrons. The quantitative estimate of drug-likeness (QED) is 0.388. The van der Waals surface area contributed by atoms with E-state index in [0.717, 1.165) is 4.57 Å². The molecule has 3 atom stereocenters. The van der Waals surface area contributed by atoms with Crippen molar-refractivity contribution in [2.45, 2.75) is 31.8 Å². The minimum atomic E-state index is -4.67. The van der Waals surface area contributed by atoms with Gasteiger partial charge in [-0.15, -0.1) is 0 Å². The molecule has 10 nitrogen and oxygen atoms in total. The zero-order valence-electron chi connectivity index (χ0n) is 11.0. The minimum absolute atomic E-state index is 0.0283. The first-order valence-electron chi connectivity index (χ1n) is 6.03. The van der Waals surface area contributed by atoms with Gasteiger partial charge in [-0.3, -0.25) is 18.9 Å². The van der Waals surface area contributed by atoms with Crippen LogP contribution in [-0.4, -0.2) is 43.3 Å². The first-order valence-corrected chi connectivity index (χ1v) is 7.56. The maximum Gasteiger partial charge on any atom is 0.469 e. The number of aryl methyl sites for hydroxylation is 1. The van der Waals surface area contributed by atoms with E-state index in [0.29, 0.717) is 5.56 Å². The highest BCUT2D eigenvalue weighted by Gasteiger charge is 2.37. The van der Waals surface area contributed by atoms with Crippen LogP contribution in [0.25, 0.3) is 0 Å². The second-order valence-electron chi connectivity index (χ2n) is 4.70. The van der Waals surface area contributed by atoms with Crippen molar-refractivity contribution in [3.63, 3.8) is 0 Å². The number of hydrogen-bond donors (Lipinski definition) is 4. The van der Waals surface area contributed by atoms with E-state index >= 15 is 0 Å². The Hall–Kier alpha value is -1.29. The van der Waals surface area contributed by atoms with Crippen molar-refractivity contribution in [2.24, 2.45) is 0 Å². The fourth-order valence-corrected chi connectivity index (χ4v) is 2.35. The number of aromatic amines is 1. The summed E-state index contributed by atoms with van der Waals surface area (Å²) in [4.78, 5) is 42.3. The molecule has 1 saturated heterocycles. The number of nitrogens with zero attached hydrogens (tertiary/aromatic N) is 1. The maximum absolute atomic E-state index is 11.7. The normalized spacial score (nSPS) is 26.2. The van der Waals surface area contributed by atoms with E-state index in [4.69, 9.17) is 14.5 Å². The van der Waals surface area contributed by atoms with Crippen molar-refractivity contribution >= 4 is 7.82 Å². The Morgan fingerprint density at radius 1 is 1.52 bits per heavy atom. The van der Waals surface area contributed by atoms with Crippen molar-refractivity contribution in [1.29, 1.82) is 0 Å². The lowest BCUT2D eigenvalue weighted by Gasteiger charge is -2.16. The summed E-state index contributed by atoms with van der Waals surface area (Å²) in [5.41, 5.74) is -0.918. The molecule has 0 amide bonds. The summed E-state index contributed by atoms with van der Waals surface area (Å²) in [6.45, 7) is 0.994. The van der Waals surface area contributed by atoms with Gasteiger partial charge in [-0.1, -0.05) is 0 Å². The van der Waals surface area contributed by atoms with Gasteiger partial charge >= 0.3 is 13.5 Å². The average molecular weight is 334 g/mol. The van der Waals surface area contributed by atoms with E-state index in [9.17, 15) is 19.3 Å². The van der Waals surface area contributed by atoms with Crippen LogP contribution in [0.2, 0.25) is 0 Å². The molecule has 21 heavy (non-hydrogen) atoms. The number of aliphatic hydroxyl groups excluding tert-OH is 1. The third-order valence-electron chi connectivity index (χ3n) is 3.07. The molecule has 0 aromatic carbocycles. The number of aromatic nitrogens is 2. The fourth-order valence-electron chi connectivity index (χ4n) is 2.01. The van der Waals surface area contributed by atoms with E-state index in [1.807, 2.05) is 0 Å². The molecule has 0 aliphatic carbocycles. The molecule has 0 bridgehead atoms. The van der Waals surface area contributed by atoms with Crippen LogP contribution in [0.15, 0.2) is 15.8 Å². The Bertz CT molecular complexity index is 676. The van der Waals surface area contributed by atoms with Gasteiger partial charge < -0.3 is 19.6 Å². The molecule has 0 unspecified atom stereocenters. The van der Waals surface area contributed by atoms with E-state index in [2.05, 4.69) is 9.51 Å². The molecule has 0 saturated carbocycles. The van der Waals surface area contributed by atoms with Gasteiger partial charge in [0.05, 0.1) is 12.7 Å². The van der Waals surface area contributed by atoms with Gasteiger partial charge in [0, 0.05) is 18.2 Å². The van der Waals surface area contributed by atoms with Crippen molar-refractivity contribution < 1.29 is 28.7 Å². The Labute approximate surface area is 118 Å². The third kappa shape index (κ3) is 3.88. The van der Waals surface area contributed by atoms with Crippen molar-refractivity contribution in [1.82, 2.24) is 9.55 Å². The number of hydrogen-bond acceptors (Lipinski definition) is 6. The largest absolute Gasteiger partial charge is 0.469 e. The highest BCUT2D eigenvalue weighted by Crippen LogP contribution is 2.38. The van der Waals surface area contributed by atoms with Gasteiger partial charge in [-0.2, -0.15) is 0 Å². The molecule has 11 heteroatoms. The van der Waals surface area contributed by atoms with Crippen molar-refractivity contribution in [3.05, 3.63) is 32.6 Å². The van der Waals surface area contributed by atoms with E-state index in [1.54, 1.807) is 0 Å². The maximum atomic E-state index is 11.7. The average Bonchev–Trinajstić information content (AvgIpc) is 2.72. The standard InChI is InChI=1S/C10H15N2O8P/c1-5-3-12(10(15)11-9(5)14)8-2-6(13)7(20-8)4-19-21(16,17)18/h3,6-8,13H,2,4H2,1H3,(H,11,14,15)(H2,16,17,18)/t6-,7+,8+/m0/s1/i1+1,2+1,3+1,4+1,5+1,6+1,7+1,8+1,9+1,10+1,11+1,12+1. The molecule has 2 rings (SSSR count). The highest BCUT2D eigenvalue weighted by molar-refractivity contribution is 7.46. The van der Waals surface area contributed by atoms with Crippen molar-refractivity contribution in [2.75, 3.05) is 6.61 Å². The van der Waals surface area contributed by atoms with E-state index < -0.39 is 44.1 Å². The Morgan fingerprint density at radius 3 is 2.81 bits per heavy atom. The number of H-pyrrole nitrogens is 1. The smallest absolute Gasteiger partial charge is 0.390 e. The second-order valence-corrected chi connectivity index (χ2v) is 5.94. The van der Waals surface area contributed by atoms with E-state index in [1.165, 1.54) is 13.1 Å². The van der Waals surface area contributed by atoms with Crippen LogP contribution < -0.4 is 11.2 Å². The number of phosphoric acid groups is 1. The third-order valence-corrected chi connectivity index (χ3v) is 3.55. The number of ether oxygens (including phenoxy) is 1. The first-order chi connectivity index (χ1) is 9.67. The SMILES string of the molecule is [13CH3][13c]1[13cH][15n]([13C@H]2[13CH2][13C@H](O)[13C@@H]([13CH2]OP(=O)(O)O)O2)[13c](=O)[15nH][13c]1=O. The second kappa shape index (κ2) is 5.84. The van der Waals surface area contributed by atoms with Crippen LogP contribution in [-0.2, 0) is 13.8 Å². The van der Waals surface area contributed by atoms with Crippen LogP contribution in [0, 0.1) is 6.92 Å². The molecule has 1 aliphatic rings. The number of phosphoric ester groups is 1. The number of aliphatic hydroxyl groups is 1. The lowest BCUT2D eigenvalue weighted by Crippen LogP contribution is -2.33. The first kappa shape index (κ1) is 16.1. The summed E-state index contributed by atoms with van der Waals surface area (Å²) < 4.78 is 21.4. The Balaban J connectivity index is 2.14. The fraction of sp³-hybridized carbons (Fsp3) is 0.600. The summed E-state index contributed by atoms with van der Waals surface area (Å²) in [6.07, 6.45) is -1.57. The van der Waals surface area contributed by atoms with Gasteiger partial charge in [0.15, 0.2) is 0 Å². The number of nitrogens with one attached hydrogen (secondary N) is 1. The van der Waals surface area contributed by atoms with Crippen LogP contribution in [0.5, 0.6) is 0 Å². The molecule has 1 aromatic rings. The predicted molar refractivity (Wildman–Crippen MR) is 68.6 cm³/mol. The Morgan fingerprint density at radius 2 is 2.19 bits per heavy atom. The molecular weight excluding hydrogens is 319 g/mol. The van der Waals surface area contributed by atoms with Gasteiger partial charge in [0.2, 0.25) is 0 Å². The highest BCUT2D eigenvalue weighted by atomic mass is 31.2. The summed E-state index contributed by atoms with van der Waals surface area (Å²) in [6, 6.07) is 0. The summed E-state index contributed by atoms with van der Waals surface area (Å²) in [7, 11) is -4.67. The molecule has 1 aliphatic heterocycles. The molecule has 0 spiro atoms. The summed E-state index contributed by atoms with van der Waals surface area (Å²) in [5.74, 6) is 0. The molecule has 118 valence electrons. The monoisotopic (exact) mass is 334 g/mol. The molecule has 2 heterocycles. The van der Waals surface area contributed by atoms with E-state index in [-0.39, 0.29) is 6.42 Å². The van der Waals surface area contributed by atoms with Gasteiger partial charge in [0.25, 0.3) is 5.56 Å². The zero-order valence-corrected chi connectivity index (χ0v) is 11.9. The molecular formula is C10H15N2O8P. The van der Waals surface area contributed by atoms with Crippen LogP contribution >= 0.6 is 7.82 Å².